The van der Waals surface area contributed by atoms with E-state index < -0.39 is 5.97 Å². The zero-order valence-electron chi connectivity index (χ0n) is 10.1. The molecule has 5 nitrogen and oxygen atoms in total. The van der Waals surface area contributed by atoms with Gasteiger partial charge in [-0.25, -0.2) is 4.79 Å². The van der Waals surface area contributed by atoms with Crippen molar-refractivity contribution >= 4 is 28.2 Å². The van der Waals surface area contributed by atoms with Crippen molar-refractivity contribution in [1.82, 2.24) is 4.57 Å². The SMILES string of the molecule is N#Cc1cn(-c2ccc(C(=O)O)c(O)c2)c2cscc12. The Morgan fingerprint density at radius 2 is 2.15 bits per heavy atom. The zero-order chi connectivity index (χ0) is 14.3. The van der Waals surface area contributed by atoms with Crippen LogP contribution >= 0.6 is 11.3 Å². The Kier molecular flexibility index (Phi) is 2.70. The Labute approximate surface area is 117 Å². The summed E-state index contributed by atoms with van der Waals surface area (Å²) in [5.41, 5.74) is 1.86. The second-order valence-electron chi connectivity index (χ2n) is 4.20. The summed E-state index contributed by atoms with van der Waals surface area (Å²) >= 11 is 1.48. The molecule has 0 saturated carbocycles. The third kappa shape index (κ3) is 1.73. The van der Waals surface area contributed by atoms with Gasteiger partial charge in [-0.05, 0) is 12.1 Å². The van der Waals surface area contributed by atoms with Crippen LogP contribution in [0.25, 0.3) is 16.6 Å². The number of thiophene rings is 1. The first kappa shape index (κ1) is 12.3. The molecule has 98 valence electrons. The van der Waals surface area contributed by atoms with E-state index in [0.717, 1.165) is 10.9 Å². The Bertz CT molecular complexity index is 870. The molecule has 1 aromatic carbocycles. The number of aromatic hydroxyl groups is 1. The number of rotatable bonds is 2. The van der Waals surface area contributed by atoms with Gasteiger partial charge in [0.05, 0.1) is 11.1 Å². The van der Waals surface area contributed by atoms with Crippen LogP contribution in [0, 0.1) is 11.3 Å². The molecule has 20 heavy (non-hydrogen) atoms. The number of nitriles is 1. The van der Waals surface area contributed by atoms with E-state index in [1.807, 2.05) is 10.8 Å². The average molecular weight is 284 g/mol. The van der Waals surface area contributed by atoms with Crippen molar-refractivity contribution in [2.75, 3.05) is 0 Å². The molecule has 0 saturated heterocycles. The van der Waals surface area contributed by atoms with Crippen LogP contribution in [0.5, 0.6) is 5.75 Å². The van der Waals surface area contributed by atoms with E-state index in [1.165, 1.54) is 23.5 Å². The fourth-order valence-corrected chi connectivity index (χ4v) is 2.92. The molecule has 2 aromatic heterocycles. The van der Waals surface area contributed by atoms with Gasteiger partial charge in [0, 0.05) is 34.1 Å². The predicted octanol–water partition coefficient (Wildman–Crippen LogP) is 2.97. The lowest BCUT2D eigenvalue weighted by Gasteiger charge is -2.06. The topological polar surface area (TPSA) is 86.2 Å². The Morgan fingerprint density at radius 3 is 2.80 bits per heavy atom. The third-order valence-electron chi connectivity index (χ3n) is 3.06. The lowest BCUT2D eigenvalue weighted by atomic mass is 10.2. The summed E-state index contributed by atoms with van der Waals surface area (Å²) < 4.78 is 1.76. The number of benzene rings is 1. The molecule has 0 atom stereocenters. The highest BCUT2D eigenvalue weighted by molar-refractivity contribution is 7.09. The van der Waals surface area contributed by atoms with Gasteiger partial charge in [0.2, 0.25) is 0 Å². The molecule has 0 spiro atoms. The van der Waals surface area contributed by atoms with Crippen LogP contribution in [0.3, 0.4) is 0 Å². The van der Waals surface area contributed by atoms with Crippen LogP contribution in [-0.4, -0.2) is 20.7 Å². The number of aromatic carboxylic acids is 1. The molecule has 2 N–H and O–H groups in total. The van der Waals surface area contributed by atoms with Crippen molar-refractivity contribution in [3.8, 4) is 17.5 Å². The number of hydrogen-bond acceptors (Lipinski definition) is 4. The summed E-state index contributed by atoms with van der Waals surface area (Å²) in [6.45, 7) is 0. The Morgan fingerprint density at radius 1 is 1.35 bits per heavy atom. The van der Waals surface area contributed by atoms with Crippen LogP contribution < -0.4 is 0 Å². The van der Waals surface area contributed by atoms with Crippen molar-refractivity contribution in [2.45, 2.75) is 0 Å². The summed E-state index contributed by atoms with van der Waals surface area (Å²) in [4.78, 5) is 10.9. The third-order valence-corrected chi connectivity index (χ3v) is 3.79. The molecule has 0 fully saturated rings. The van der Waals surface area contributed by atoms with Crippen LogP contribution in [0.2, 0.25) is 0 Å². The number of carbonyl (C=O) groups is 1. The second kappa shape index (κ2) is 4.40. The van der Waals surface area contributed by atoms with E-state index in [0.29, 0.717) is 11.3 Å². The van der Waals surface area contributed by atoms with Gasteiger partial charge in [0.1, 0.15) is 17.4 Å². The monoisotopic (exact) mass is 284 g/mol. The van der Waals surface area contributed by atoms with Gasteiger partial charge >= 0.3 is 5.97 Å². The highest BCUT2D eigenvalue weighted by atomic mass is 32.1. The van der Waals surface area contributed by atoms with E-state index in [1.54, 1.807) is 16.8 Å². The van der Waals surface area contributed by atoms with Gasteiger partial charge in [0.15, 0.2) is 0 Å². The molecule has 2 heterocycles. The fraction of sp³-hybridized carbons (Fsp3) is 0. The molecule has 0 amide bonds. The van der Waals surface area contributed by atoms with Crippen LogP contribution in [0.1, 0.15) is 15.9 Å². The molecule has 0 aliphatic heterocycles. The Balaban J connectivity index is 2.21. The smallest absolute Gasteiger partial charge is 0.339 e. The highest BCUT2D eigenvalue weighted by Crippen LogP contribution is 2.29. The van der Waals surface area contributed by atoms with Gasteiger partial charge in [-0.2, -0.15) is 5.26 Å². The van der Waals surface area contributed by atoms with E-state index in [2.05, 4.69) is 6.07 Å². The number of carboxylic acid groups (broad SMARTS) is 1. The zero-order valence-corrected chi connectivity index (χ0v) is 10.9. The summed E-state index contributed by atoms with van der Waals surface area (Å²) in [5.74, 6) is -1.48. The molecular formula is C14H8N2O3S. The minimum Gasteiger partial charge on any atom is -0.507 e. The largest absolute Gasteiger partial charge is 0.507 e. The maximum absolute atomic E-state index is 10.9. The summed E-state index contributed by atoms with van der Waals surface area (Å²) in [5, 5.41) is 32.4. The first-order chi connectivity index (χ1) is 9.61. The molecule has 3 rings (SSSR count). The van der Waals surface area contributed by atoms with E-state index in [9.17, 15) is 9.90 Å². The minimum atomic E-state index is -1.18. The molecule has 0 bridgehead atoms. The standard InChI is InChI=1S/C14H8N2O3S/c15-4-8-5-16(12-7-20-6-11(8)12)9-1-2-10(14(18)19)13(17)3-9/h1-3,5-7,17H,(H,18,19). The van der Waals surface area contributed by atoms with Gasteiger partial charge in [-0.15, -0.1) is 11.3 Å². The molecule has 0 radical (unpaired) electrons. The fourth-order valence-electron chi connectivity index (χ4n) is 2.10. The normalized spacial score (nSPS) is 10.6. The quantitative estimate of drug-likeness (QED) is 0.757. The van der Waals surface area contributed by atoms with Crippen LogP contribution in [0.15, 0.2) is 35.2 Å². The molecule has 6 heteroatoms. The molecule has 0 aliphatic carbocycles. The lowest BCUT2D eigenvalue weighted by Crippen LogP contribution is -1.98. The summed E-state index contributed by atoms with van der Waals surface area (Å²) in [7, 11) is 0. The molecule has 3 aromatic rings. The average Bonchev–Trinajstić information content (AvgIpc) is 2.99. The highest BCUT2D eigenvalue weighted by Gasteiger charge is 2.14. The van der Waals surface area contributed by atoms with Crippen molar-refractivity contribution in [2.24, 2.45) is 0 Å². The number of carboxylic acids is 1. The first-order valence-electron chi connectivity index (χ1n) is 5.66. The van der Waals surface area contributed by atoms with Gasteiger partial charge in [0.25, 0.3) is 0 Å². The van der Waals surface area contributed by atoms with Crippen LogP contribution in [-0.2, 0) is 0 Å². The minimum absolute atomic E-state index is 0.150. The summed E-state index contributed by atoms with van der Waals surface area (Å²) in [6, 6.07) is 6.44. The number of hydrogen-bond donors (Lipinski definition) is 2. The van der Waals surface area contributed by atoms with E-state index in [4.69, 9.17) is 10.4 Å². The van der Waals surface area contributed by atoms with Crippen molar-refractivity contribution in [3.05, 3.63) is 46.3 Å². The predicted molar refractivity (Wildman–Crippen MR) is 74.5 cm³/mol. The molecule has 0 unspecified atom stereocenters. The van der Waals surface area contributed by atoms with Gasteiger partial charge in [-0.1, -0.05) is 0 Å². The number of aromatic nitrogens is 1. The van der Waals surface area contributed by atoms with Crippen LogP contribution in [0.4, 0.5) is 0 Å². The number of fused-ring (bicyclic) bond motifs is 1. The van der Waals surface area contributed by atoms with E-state index >= 15 is 0 Å². The lowest BCUT2D eigenvalue weighted by molar-refractivity contribution is 0.0694. The summed E-state index contributed by atoms with van der Waals surface area (Å²) in [6.07, 6.45) is 1.67. The maximum Gasteiger partial charge on any atom is 0.339 e. The molecular weight excluding hydrogens is 276 g/mol. The Hall–Kier alpha value is -2.78. The number of nitrogens with zero attached hydrogens (tertiary/aromatic N) is 2. The van der Waals surface area contributed by atoms with Crippen molar-refractivity contribution in [3.63, 3.8) is 0 Å². The van der Waals surface area contributed by atoms with Gasteiger partial charge in [-0.3, -0.25) is 0 Å². The van der Waals surface area contributed by atoms with E-state index in [-0.39, 0.29) is 11.3 Å². The van der Waals surface area contributed by atoms with Crippen molar-refractivity contribution in [1.29, 1.82) is 5.26 Å². The number of phenols is 1. The maximum atomic E-state index is 10.9. The first-order valence-corrected chi connectivity index (χ1v) is 6.60. The second-order valence-corrected chi connectivity index (χ2v) is 4.95. The molecule has 0 aliphatic rings. The van der Waals surface area contributed by atoms with Crippen molar-refractivity contribution < 1.29 is 15.0 Å². The van der Waals surface area contributed by atoms with Gasteiger partial charge < -0.3 is 14.8 Å².